The van der Waals surface area contributed by atoms with Crippen molar-refractivity contribution in [2.24, 2.45) is 5.11 Å². The average Bonchev–Trinajstić information content (AvgIpc) is 2.57. The van der Waals surface area contributed by atoms with Crippen LogP contribution in [0.4, 0.5) is 23.2 Å². The van der Waals surface area contributed by atoms with Gasteiger partial charge in [-0.2, -0.15) is 0 Å². The van der Waals surface area contributed by atoms with Crippen LogP contribution >= 0.6 is 0 Å². The van der Waals surface area contributed by atoms with Crippen LogP contribution in [0, 0.1) is 23.3 Å². The maximum absolute atomic E-state index is 13.8. The number of benzene rings is 1. The molecule has 4 nitrogen and oxygen atoms in total. The van der Waals surface area contributed by atoms with Crippen LogP contribution in [-0.4, -0.2) is 6.29 Å². The van der Waals surface area contributed by atoms with Gasteiger partial charge < -0.3 is 0 Å². The molecule has 0 bridgehead atoms. The van der Waals surface area contributed by atoms with Crippen molar-refractivity contribution in [3.05, 3.63) is 80.8 Å². The van der Waals surface area contributed by atoms with Crippen molar-refractivity contribution in [2.45, 2.75) is 13.8 Å². The van der Waals surface area contributed by atoms with Gasteiger partial charge in [0.2, 0.25) is 0 Å². The number of halogens is 4. The van der Waals surface area contributed by atoms with E-state index in [9.17, 15) is 22.4 Å². The number of allylic oxidation sites excluding steroid dienone is 7. The Hall–Kier alpha value is -3.12. The third-order valence-electron chi connectivity index (χ3n) is 2.98. The minimum absolute atomic E-state index is 0.522. The van der Waals surface area contributed by atoms with Crippen molar-refractivity contribution in [3.8, 4) is 0 Å². The Morgan fingerprint density at radius 3 is 2.04 bits per heavy atom. The quantitative estimate of drug-likeness (QED) is 0.0927. The molecule has 130 valence electrons. The second-order valence-corrected chi connectivity index (χ2v) is 4.86. The van der Waals surface area contributed by atoms with Crippen LogP contribution in [-0.2, 0) is 4.79 Å². The summed E-state index contributed by atoms with van der Waals surface area (Å²) in [5.41, 5.74) is 7.11. The number of carbonyl (C=O) groups is 1. The molecule has 0 radical (unpaired) electrons. The molecule has 1 aromatic carbocycles. The van der Waals surface area contributed by atoms with Gasteiger partial charge in [-0.25, -0.2) is 17.6 Å². The fourth-order valence-corrected chi connectivity index (χ4v) is 1.70. The summed E-state index contributed by atoms with van der Waals surface area (Å²) in [4.78, 5) is 12.4. The third kappa shape index (κ3) is 5.19. The Morgan fingerprint density at radius 2 is 1.52 bits per heavy atom. The number of aldehydes is 1. The van der Waals surface area contributed by atoms with Crippen molar-refractivity contribution in [1.29, 1.82) is 0 Å². The molecule has 8 heteroatoms. The molecule has 1 aromatic rings. The Kier molecular flexibility index (Phi) is 7.37. The molecule has 0 aromatic heterocycles. The molecule has 0 N–H and O–H groups in total. The summed E-state index contributed by atoms with van der Waals surface area (Å²) < 4.78 is 54.9. The predicted octanol–water partition coefficient (Wildman–Crippen LogP) is 5.85. The lowest BCUT2D eigenvalue weighted by Gasteiger charge is -2.06. The van der Waals surface area contributed by atoms with E-state index in [1.54, 1.807) is 32.1 Å². The molecule has 25 heavy (non-hydrogen) atoms. The van der Waals surface area contributed by atoms with Gasteiger partial charge in [-0.1, -0.05) is 35.0 Å². The maximum Gasteiger partial charge on any atom is 0.172 e. The molecule has 0 aliphatic carbocycles. The summed E-state index contributed by atoms with van der Waals surface area (Å²) in [6.07, 6.45) is 8.87. The minimum Gasteiger partial charge on any atom is -0.299 e. The van der Waals surface area contributed by atoms with Crippen LogP contribution in [0.5, 0.6) is 0 Å². The Labute approximate surface area is 141 Å². The minimum atomic E-state index is -1.77. The smallest absolute Gasteiger partial charge is 0.172 e. The highest BCUT2D eigenvalue weighted by Crippen LogP contribution is 2.31. The Bertz CT molecular complexity index is 819. The van der Waals surface area contributed by atoms with Crippen LogP contribution in [0.3, 0.4) is 0 Å². The first-order valence-electron chi connectivity index (χ1n) is 6.89. The summed E-state index contributed by atoms with van der Waals surface area (Å²) in [6, 6.07) is 0. The monoisotopic (exact) mass is 351 g/mol. The van der Waals surface area contributed by atoms with E-state index in [-0.39, 0.29) is 0 Å². The van der Waals surface area contributed by atoms with Gasteiger partial charge in [0.1, 0.15) is 12.0 Å². The van der Waals surface area contributed by atoms with Gasteiger partial charge in [0.15, 0.2) is 23.3 Å². The maximum atomic E-state index is 13.8. The van der Waals surface area contributed by atoms with Crippen LogP contribution in [0.15, 0.2) is 46.6 Å². The van der Waals surface area contributed by atoms with Crippen molar-refractivity contribution < 1.29 is 22.4 Å². The van der Waals surface area contributed by atoms with E-state index in [4.69, 9.17) is 5.53 Å². The van der Waals surface area contributed by atoms with E-state index in [1.807, 2.05) is 0 Å². The lowest BCUT2D eigenvalue weighted by Crippen LogP contribution is -1.99. The second-order valence-electron chi connectivity index (χ2n) is 4.86. The third-order valence-corrected chi connectivity index (χ3v) is 2.98. The number of carbonyl (C=O) groups excluding carboxylic acids is 1. The molecule has 0 spiro atoms. The Morgan fingerprint density at radius 1 is 0.960 bits per heavy atom. The topological polar surface area (TPSA) is 65.8 Å². The number of rotatable bonds is 6. The number of azide groups is 1. The predicted molar refractivity (Wildman–Crippen MR) is 86.8 cm³/mol. The highest BCUT2D eigenvalue weighted by atomic mass is 19.2. The largest absolute Gasteiger partial charge is 0.299 e. The molecule has 0 amide bonds. The van der Waals surface area contributed by atoms with Crippen LogP contribution in [0.25, 0.3) is 16.5 Å². The van der Waals surface area contributed by atoms with Gasteiger partial charge in [0.05, 0.1) is 5.56 Å². The molecular weight excluding hydrogens is 338 g/mol. The molecular formula is C17H13F4N3O. The zero-order valence-corrected chi connectivity index (χ0v) is 13.3. The SMILES string of the molecule is CC(/C=C\C=C(C)/C=C\c1c(F)c(F)c(N=[N+]=[N-])c(F)c1F)=C/C=O. The normalized spacial score (nSPS) is 12.7. The fourth-order valence-electron chi connectivity index (χ4n) is 1.70. The average molecular weight is 351 g/mol. The summed E-state index contributed by atoms with van der Waals surface area (Å²) in [7, 11) is 0. The molecule has 0 aliphatic rings. The van der Waals surface area contributed by atoms with Gasteiger partial charge in [0, 0.05) is 4.91 Å². The van der Waals surface area contributed by atoms with Crippen molar-refractivity contribution in [1.82, 2.24) is 0 Å². The lowest BCUT2D eigenvalue weighted by molar-refractivity contribution is -0.104. The summed E-state index contributed by atoms with van der Waals surface area (Å²) in [5.74, 6) is -6.86. The van der Waals surface area contributed by atoms with Crippen molar-refractivity contribution in [3.63, 3.8) is 0 Å². The molecule has 0 aliphatic heterocycles. The van der Waals surface area contributed by atoms with Crippen LogP contribution in [0.1, 0.15) is 19.4 Å². The van der Waals surface area contributed by atoms with Gasteiger partial charge >= 0.3 is 0 Å². The standard InChI is InChI=1S/C17H13F4N3O/c1-10(4-3-5-11(2)8-9-25)6-7-12-13(18)15(20)17(23-24-22)16(21)14(12)19/h3-9H,1-2H3/b5-3-,7-6-,10-4-,11-8-. The number of nitrogens with zero attached hydrogens (tertiary/aromatic N) is 3. The zero-order valence-electron chi connectivity index (χ0n) is 13.3. The van der Waals surface area contributed by atoms with E-state index in [0.717, 1.165) is 6.08 Å². The summed E-state index contributed by atoms with van der Waals surface area (Å²) >= 11 is 0. The summed E-state index contributed by atoms with van der Waals surface area (Å²) in [5, 5.41) is 2.61. The van der Waals surface area contributed by atoms with E-state index in [2.05, 4.69) is 10.0 Å². The second kappa shape index (κ2) is 9.24. The van der Waals surface area contributed by atoms with Crippen LogP contribution in [0.2, 0.25) is 0 Å². The first-order valence-corrected chi connectivity index (χ1v) is 6.89. The molecule has 0 atom stereocenters. The van der Waals surface area contributed by atoms with E-state index in [0.29, 0.717) is 17.4 Å². The molecule has 0 heterocycles. The molecule has 0 unspecified atom stereocenters. The molecule has 0 fully saturated rings. The first-order chi connectivity index (χ1) is 11.8. The molecule has 0 saturated heterocycles. The van der Waals surface area contributed by atoms with Gasteiger partial charge in [-0.3, -0.25) is 4.79 Å². The number of hydrogen-bond donors (Lipinski definition) is 0. The molecule has 0 saturated carbocycles. The zero-order chi connectivity index (χ0) is 19.0. The van der Waals surface area contributed by atoms with Gasteiger partial charge in [0.25, 0.3) is 0 Å². The van der Waals surface area contributed by atoms with E-state index in [1.165, 1.54) is 12.2 Å². The van der Waals surface area contributed by atoms with E-state index >= 15 is 0 Å². The fraction of sp³-hybridized carbons (Fsp3) is 0.118. The van der Waals surface area contributed by atoms with Crippen LogP contribution < -0.4 is 0 Å². The first kappa shape index (κ1) is 19.9. The van der Waals surface area contributed by atoms with E-state index < -0.39 is 34.5 Å². The lowest BCUT2D eigenvalue weighted by atomic mass is 10.1. The van der Waals surface area contributed by atoms with Gasteiger partial charge in [-0.05, 0) is 37.1 Å². The van der Waals surface area contributed by atoms with Crippen molar-refractivity contribution in [2.75, 3.05) is 0 Å². The Balaban J connectivity index is 3.19. The molecule has 1 rings (SSSR count). The summed E-state index contributed by atoms with van der Waals surface area (Å²) in [6.45, 7) is 3.29. The number of hydrogen-bond acceptors (Lipinski definition) is 2. The highest BCUT2D eigenvalue weighted by Gasteiger charge is 2.23. The van der Waals surface area contributed by atoms with Crippen molar-refractivity contribution >= 4 is 18.0 Å². The van der Waals surface area contributed by atoms with Gasteiger partial charge in [-0.15, -0.1) is 0 Å². The highest BCUT2D eigenvalue weighted by molar-refractivity contribution is 5.67.